The van der Waals surface area contributed by atoms with Gasteiger partial charge in [0, 0.05) is 13.0 Å². The molecule has 0 heterocycles. The van der Waals surface area contributed by atoms with Crippen molar-refractivity contribution >= 4 is 11.9 Å². The first kappa shape index (κ1) is 24.9. The van der Waals surface area contributed by atoms with Gasteiger partial charge in [-0.15, -0.1) is 0 Å². The molecule has 0 aromatic heterocycles. The molecule has 1 amide bonds. The minimum atomic E-state index is -0.937. The lowest BCUT2D eigenvalue weighted by molar-refractivity contribution is -0.139. The van der Waals surface area contributed by atoms with E-state index < -0.39 is 12.0 Å². The average Bonchev–Trinajstić information content (AvgIpc) is 2.62. The number of aliphatic carboxylic acids is 1. The fraction of sp³-hybridized carbons (Fsp3) is 0.900. The number of hydrogen-bond donors (Lipinski definition) is 4. The van der Waals surface area contributed by atoms with E-state index in [1.807, 2.05) is 0 Å². The minimum Gasteiger partial charge on any atom is -0.480 e. The smallest absolute Gasteiger partial charge is 0.322 e. The average molecular weight is 372 g/mol. The number of nitrogens with two attached hydrogens (primary N) is 1. The molecule has 0 bridgehead atoms. The summed E-state index contributed by atoms with van der Waals surface area (Å²) in [6.45, 7) is 2.85. The van der Waals surface area contributed by atoms with Gasteiger partial charge in [0.05, 0.1) is 0 Å². The zero-order chi connectivity index (χ0) is 19.5. The van der Waals surface area contributed by atoms with Crippen molar-refractivity contribution in [3.05, 3.63) is 0 Å². The summed E-state index contributed by atoms with van der Waals surface area (Å²) in [7, 11) is 0. The van der Waals surface area contributed by atoms with Crippen molar-refractivity contribution in [3.63, 3.8) is 0 Å². The van der Waals surface area contributed by atoms with Crippen LogP contribution in [-0.2, 0) is 9.59 Å². The van der Waals surface area contributed by atoms with Gasteiger partial charge in [0.15, 0.2) is 0 Å². The zero-order valence-corrected chi connectivity index (χ0v) is 16.7. The maximum absolute atomic E-state index is 11.7. The lowest BCUT2D eigenvalue weighted by atomic mass is 10.1. The summed E-state index contributed by atoms with van der Waals surface area (Å²) in [5.41, 5.74) is 2.28. The second-order valence-electron chi connectivity index (χ2n) is 7.19. The topological polar surface area (TPSA) is 104 Å². The van der Waals surface area contributed by atoms with Crippen molar-refractivity contribution < 1.29 is 14.7 Å². The molecule has 154 valence electrons. The Kier molecular flexibility index (Phi) is 17.8. The molecule has 0 saturated carbocycles. The van der Waals surface area contributed by atoms with Gasteiger partial charge in [0.2, 0.25) is 5.91 Å². The van der Waals surface area contributed by atoms with Crippen LogP contribution in [0, 0.1) is 0 Å². The van der Waals surface area contributed by atoms with E-state index >= 15 is 0 Å². The maximum Gasteiger partial charge on any atom is 0.322 e. The molecule has 0 aromatic carbocycles. The fourth-order valence-corrected chi connectivity index (χ4v) is 3.02. The number of hydrogen-bond acceptors (Lipinski definition) is 4. The Balaban J connectivity index is 3.31. The molecular weight excluding hydrogens is 330 g/mol. The molecule has 0 saturated heterocycles. The van der Waals surface area contributed by atoms with E-state index in [-0.39, 0.29) is 5.91 Å². The Morgan fingerprint density at radius 2 is 1.38 bits per heavy atom. The van der Waals surface area contributed by atoms with E-state index in [0.717, 1.165) is 25.7 Å². The van der Waals surface area contributed by atoms with Crippen LogP contribution in [0.5, 0.6) is 0 Å². The molecule has 0 fully saturated rings. The van der Waals surface area contributed by atoms with Gasteiger partial charge < -0.3 is 10.4 Å². The van der Waals surface area contributed by atoms with Crippen molar-refractivity contribution in [2.24, 2.45) is 5.84 Å². The highest BCUT2D eigenvalue weighted by atomic mass is 16.4. The van der Waals surface area contributed by atoms with Crippen LogP contribution in [0.3, 0.4) is 0 Å². The molecule has 0 aliphatic carbocycles. The molecule has 0 aromatic rings. The van der Waals surface area contributed by atoms with Gasteiger partial charge in [0.1, 0.15) is 6.04 Å². The van der Waals surface area contributed by atoms with E-state index in [2.05, 4.69) is 17.7 Å². The van der Waals surface area contributed by atoms with E-state index in [1.165, 1.54) is 57.8 Å². The molecular formula is C20H41N3O3. The third kappa shape index (κ3) is 16.3. The van der Waals surface area contributed by atoms with Crippen LogP contribution in [0.2, 0.25) is 0 Å². The normalized spacial score (nSPS) is 12.1. The van der Waals surface area contributed by atoms with Crippen LogP contribution in [0.15, 0.2) is 0 Å². The van der Waals surface area contributed by atoms with Crippen molar-refractivity contribution in [3.8, 4) is 0 Å². The number of rotatable bonds is 19. The summed E-state index contributed by atoms with van der Waals surface area (Å²) in [6.07, 6.45) is 16.7. The van der Waals surface area contributed by atoms with Crippen LogP contribution in [0.25, 0.3) is 0 Å². The number of hydrazine groups is 1. The van der Waals surface area contributed by atoms with Crippen molar-refractivity contribution in [1.29, 1.82) is 0 Å². The lowest BCUT2D eigenvalue weighted by Gasteiger charge is -2.10. The SMILES string of the molecule is CCCCCCCCCCCCCC(=O)NCCCC[C@H](NN)C(=O)O. The van der Waals surface area contributed by atoms with Crippen LogP contribution >= 0.6 is 0 Å². The first-order chi connectivity index (χ1) is 12.6. The molecule has 26 heavy (non-hydrogen) atoms. The van der Waals surface area contributed by atoms with Crippen LogP contribution in [0.1, 0.15) is 103 Å². The van der Waals surface area contributed by atoms with Gasteiger partial charge in [-0.25, -0.2) is 5.43 Å². The molecule has 6 nitrogen and oxygen atoms in total. The number of carbonyl (C=O) groups excluding carboxylic acids is 1. The Morgan fingerprint density at radius 1 is 0.846 bits per heavy atom. The third-order valence-electron chi connectivity index (χ3n) is 4.75. The van der Waals surface area contributed by atoms with Gasteiger partial charge in [0.25, 0.3) is 0 Å². The highest BCUT2D eigenvalue weighted by Gasteiger charge is 2.13. The van der Waals surface area contributed by atoms with E-state index in [0.29, 0.717) is 19.4 Å². The third-order valence-corrected chi connectivity index (χ3v) is 4.75. The first-order valence-corrected chi connectivity index (χ1v) is 10.6. The molecule has 1 atom stereocenters. The summed E-state index contributed by atoms with van der Waals surface area (Å²) in [4.78, 5) is 22.5. The van der Waals surface area contributed by atoms with Crippen molar-refractivity contribution in [2.75, 3.05) is 6.54 Å². The summed E-state index contributed by atoms with van der Waals surface area (Å²) < 4.78 is 0. The Labute approximate surface area is 159 Å². The molecule has 0 rings (SSSR count). The number of carboxylic acid groups (broad SMARTS) is 1. The lowest BCUT2D eigenvalue weighted by Crippen LogP contribution is -2.41. The second kappa shape index (κ2) is 18.6. The summed E-state index contributed by atoms with van der Waals surface area (Å²) in [6, 6.07) is -0.706. The minimum absolute atomic E-state index is 0.104. The van der Waals surface area contributed by atoms with E-state index in [1.54, 1.807) is 0 Å². The van der Waals surface area contributed by atoms with Crippen molar-refractivity contribution in [1.82, 2.24) is 10.7 Å². The largest absolute Gasteiger partial charge is 0.480 e. The summed E-state index contributed by atoms with van der Waals surface area (Å²) in [5.74, 6) is 4.33. The highest BCUT2D eigenvalue weighted by Crippen LogP contribution is 2.11. The maximum atomic E-state index is 11.7. The Hall–Kier alpha value is -1.14. The van der Waals surface area contributed by atoms with Gasteiger partial charge in [-0.05, 0) is 25.7 Å². The molecule has 0 spiro atoms. The number of unbranched alkanes of at least 4 members (excludes halogenated alkanes) is 11. The van der Waals surface area contributed by atoms with Gasteiger partial charge in [-0.1, -0.05) is 71.1 Å². The highest BCUT2D eigenvalue weighted by molar-refractivity contribution is 5.75. The molecule has 0 aliphatic rings. The second-order valence-corrected chi connectivity index (χ2v) is 7.19. The standard InChI is InChI=1S/C20H41N3O3/c1-2-3-4-5-6-7-8-9-10-11-12-16-19(24)22-17-14-13-15-18(23-21)20(25)26/h18,23H,2-17,21H2,1H3,(H,22,24)(H,25,26)/t18-/m0/s1. The molecule has 0 radical (unpaired) electrons. The molecule has 5 N–H and O–H groups in total. The van der Waals surface area contributed by atoms with Gasteiger partial charge in [-0.2, -0.15) is 0 Å². The number of carboxylic acids is 1. The Bertz CT molecular complexity index is 351. The monoisotopic (exact) mass is 371 g/mol. The zero-order valence-electron chi connectivity index (χ0n) is 16.7. The van der Waals surface area contributed by atoms with E-state index in [9.17, 15) is 9.59 Å². The summed E-state index contributed by atoms with van der Waals surface area (Å²) >= 11 is 0. The quantitative estimate of drug-likeness (QED) is 0.157. The number of nitrogens with one attached hydrogen (secondary N) is 2. The summed E-state index contributed by atoms with van der Waals surface area (Å²) in [5, 5.41) is 11.7. The van der Waals surface area contributed by atoms with Crippen LogP contribution < -0.4 is 16.6 Å². The van der Waals surface area contributed by atoms with Gasteiger partial charge in [-0.3, -0.25) is 15.4 Å². The number of amides is 1. The van der Waals surface area contributed by atoms with E-state index in [4.69, 9.17) is 10.9 Å². The molecule has 6 heteroatoms. The fourth-order valence-electron chi connectivity index (χ4n) is 3.02. The number of carbonyl (C=O) groups is 2. The predicted molar refractivity (Wildman–Crippen MR) is 107 cm³/mol. The molecule has 0 aliphatic heterocycles. The molecule has 0 unspecified atom stereocenters. The van der Waals surface area contributed by atoms with Gasteiger partial charge >= 0.3 is 5.97 Å². The Morgan fingerprint density at radius 3 is 1.88 bits per heavy atom. The first-order valence-electron chi connectivity index (χ1n) is 10.6. The predicted octanol–water partition coefficient (Wildman–Crippen LogP) is 3.89. The van der Waals surface area contributed by atoms with Crippen LogP contribution in [0.4, 0.5) is 0 Å². The van der Waals surface area contributed by atoms with Crippen molar-refractivity contribution in [2.45, 2.75) is 109 Å². The van der Waals surface area contributed by atoms with Crippen LogP contribution in [-0.4, -0.2) is 29.6 Å².